The van der Waals surface area contributed by atoms with Gasteiger partial charge in [0.1, 0.15) is 12.3 Å². The summed E-state index contributed by atoms with van der Waals surface area (Å²) in [6, 6.07) is 1.25. The lowest BCUT2D eigenvalue weighted by Crippen LogP contribution is -2.46. The third kappa shape index (κ3) is 5.68. The predicted octanol–water partition coefficient (Wildman–Crippen LogP) is 2.06. The van der Waals surface area contributed by atoms with Gasteiger partial charge in [0, 0.05) is 23.4 Å². The molecule has 0 spiro atoms. The summed E-state index contributed by atoms with van der Waals surface area (Å²) >= 11 is 1.12. The summed E-state index contributed by atoms with van der Waals surface area (Å²) < 4.78 is 35.9. The van der Waals surface area contributed by atoms with Gasteiger partial charge >= 0.3 is 13.5 Å². The number of hydrogen-bond acceptors (Lipinski definition) is 9. The fourth-order valence-corrected chi connectivity index (χ4v) is 5.23. The maximum absolute atomic E-state index is 12.7. The van der Waals surface area contributed by atoms with Gasteiger partial charge in [0.15, 0.2) is 5.12 Å². The summed E-state index contributed by atoms with van der Waals surface area (Å²) in [7, 11) is -3.73. The second-order valence-electron chi connectivity index (χ2n) is 7.83. The molecule has 0 radical (unpaired) electrons. The van der Waals surface area contributed by atoms with Gasteiger partial charge in [-0.25, -0.2) is 9.36 Å². The van der Waals surface area contributed by atoms with Crippen molar-refractivity contribution in [1.82, 2.24) is 9.55 Å². The van der Waals surface area contributed by atoms with Crippen LogP contribution in [-0.2, 0) is 27.7 Å². The summed E-state index contributed by atoms with van der Waals surface area (Å²) in [5, 5.41) is 0.0224. The zero-order valence-electron chi connectivity index (χ0n) is 16.5. The Labute approximate surface area is 171 Å². The number of carbonyl (C=O) groups excluding carboxylic acids is 1. The van der Waals surface area contributed by atoms with Crippen molar-refractivity contribution in [3.8, 4) is 0 Å². The van der Waals surface area contributed by atoms with Gasteiger partial charge in [-0.1, -0.05) is 32.5 Å². The van der Waals surface area contributed by atoms with E-state index in [1.165, 1.54) is 16.8 Å². The number of carbonyl (C=O) groups is 1. The Bertz CT molecular complexity index is 908. The standard InChI is InChI=1S/C17H25N2O8PS/c1-17(2,3)15(21)29-9-8-24-28(23)25-10-12-11(27-28)4-5-14(26-12)19-7-6-13(20)18-16(19)22/h6-7,11-12,14H,4-5,8-10H2,1-3H3,(H,18,20,22)/t11-,12+,14+,28?/m0/s1. The maximum Gasteiger partial charge on any atom is 0.475 e. The lowest BCUT2D eigenvalue weighted by Gasteiger charge is -2.40. The van der Waals surface area contributed by atoms with Gasteiger partial charge in [0.2, 0.25) is 0 Å². The molecule has 2 fully saturated rings. The second kappa shape index (κ2) is 8.87. The van der Waals surface area contributed by atoms with Crippen LogP contribution in [0.3, 0.4) is 0 Å². The molecule has 2 aliphatic heterocycles. The monoisotopic (exact) mass is 448 g/mol. The van der Waals surface area contributed by atoms with Crippen LogP contribution in [0.5, 0.6) is 0 Å². The molecule has 29 heavy (non-hydrogen) atoms. The quantitative estimate of drug-likeness (QED) is 0.532. The fourth-order valence-electron chi connectivity index (χ4n) is 2.90. The van der Waals surface area contributed by atoms with Crippen LogP contribution in [-0.4, -0.2) is 45.8 Å². The van der Waals surface area contributed by atoms with Crippen LogP contribution in [0.1, 0.15) is 39.8 Å². The molecule has 1 unspecified atom stereocenters. The molecule has 3 rings (SSSR count). The Hall–Kier alpha value is -1.23. The van der Waals surface area contributed by atoms with E-state index < -0.39 is 42.9 Å². The van der Waals surface area contributed by atoms with Gasteiger partial charge in [-0.2, -0.15) is 0 Å². The van der Waals surface area contributed by atoms with Crippen LogP contribution in [0.2, 0.25) is 0 Å². The molecule has 0 aliphatic carbocycles. The fraction of sp³-hybridized carbons (Fsp3) is 0.706. The lowest BCUT2D eigenvalue weighted by atomic mass is 10.00. The second-order valence-corrected chi connectivity index (χ2v) is 10.5. The van der Waals surface area contributed by atoms with Gasteiger partial charge < -0.3 is 4.74 Å². The van der Waals surface area contributed by atoms with Gasteiger partial charge in [-0.3, -0.25) is 32.7 Å². The van der Waals surface area contributed by atoms with E-state index in [9.17, 15) is 18.9 Å². The van der Waals surface area contributed by atoms with Crippen molar-refractivity contribution in [2.75, 3.05) is 19.0 Å². The van der Waals surface area contributed by atoms with Crippen LogP contribution in [0.4, 0.5) is 0 Å². The minimum atomic E-state index is -3.73. The third-order valence-corrected chi connectivity index (χ3v) is 7.18. The first kappa shape index (κ1) is 22.5. The molecule has 2 saturated heterocycles. The van der Waals surface area contributed by atoms with Crippen molar-refractivity contribution >= 4 is 24.7 Å². The van der Waals surface area contributed by atoms with Gasteiger partial charge in [-0.15, -0.1) is 0 Å². The number of aromatic amines is 1. The molecule has 1 aromatic heterocycles. The normalized spacial score (nSPS) is 30.0. The number of rotatable bonds is 5. The van der Waals surface area contributed by atoms with Crippen LogP contribution in [0.25, 0.3) is 0 Å². The van der Waals surface area contributed by atoms with Crippen LogP contribution in [0.15, 0.2) is 21.9 Å². The number of ether oxygens (including phenoxy) is 1. The molecule has 162 valence electrons. The van der Waals surface area contributed by atoms with E-state index in [0.29, 0.717) is 18.6 Å². The molecule has 2 aliphatic rings. The summed E-state index contributed by atoms with van der Waals surface area (Å²) in [4.78, 5) is 37.2. The minimum Gasteiger partial charge on any atom is -0.349 e. The summed E-state index contributed by atoms with van der Waals surface area (Å²) in [6.45, 7) is 5.53. The van der Waals surface area contributed by atoms with E-state index in [1.54, 1.807) is 0 Å². The first-order valence-electron chi connectivity index (χ1n) is 9.29. The van der Waals surface area contributed by atoms with E-state index >= 15 is 0 Å². The Morgan fingerprint density at radius 1 is 1.34 bits per heavy atom. The molecule has 0 aromatic carbocycles. The lowest BCUT2D eigenvalue weighted by molar-refractivity contribution is -0.176. The third-order valence-electron chi connectivity index (χ3n) is 4.45. The largest absolute Gasteiger partial charge is 0.475 e. The summed E-state index contributed by atoms with van der Waals surface area (Å²) in [6.07, 6.45) is 0.702. The van der Waals surface area contributed by atoms with E-state index in [1.807, 2.05) is 20.8 Å². The van der Waals surface area contributed by atoms with Crippen molar-refractivity contribution in [1.29, 1.82) is 0 Å². The number of phosphoric acid groups is 1. The maximum atomic E-state index is 12.7. The Morgan fingerprint density at radius 3 is 2.79 bits per heavy atom. The van der Waals surface area contributed by atoms with Crippen molar-refractivity contribution in [2.24, 2.45) is 5.41 Å². The minimum absolute atomic E-state index is 0.00931. The molecular weight excluding hydrogens is 423 g/mol. The van der Waals surface area contributed by atoms with Gasteiger partial charge in [0.25, 0.3) is 5.56 Å². The Balaban J connectivity index is 1.51. The number of phosphoric ester groups is 1. The predicted molar refractivity (Wildman–Crippen MR) is 106 cm³/mol. The van der Waals surface area contributed by atoms with Crippen molar-refractivity contribution < 1.29 is 27.7 Å². The molecule has 3 heterocycles. The molecule has 10 nitrogen and oxygen atoms in total. The molecule has 0 saturated carbocycles. The molecular formula is C17H25N2O8PS. The molecule has 4 atom stereocenters. The number of H-pyrrole nitrogens is 1. The van der Waals surface area contributed by atoms with Crippen molar-refractivity contribution in [2.45, 2.75) is 52.0 Å². The average molecular weight is 448 g/mol. The summed E-state index contributed by atoms with van der Waals surface area (Å²) in [5.41, 5.74) is -1.50. The Kier molecular flexibility index (Phi) is 6.87. The summed E-state index contributed by atoms with van der Waals surface area (Å²) in [5.74, 6) is 0.342. The van der Waals surface area contributed by atoms with Crippen LogP contribution >= 0.6 is 19.6 Å². The van der Waals surface area contributed by atoms with Crippen LogP contribution in [0, 0.1) is 5.41 Å². The number of nitrogens with one attached hydrogen (secondary N) is 1. The first-order valence-corrected chi connectivity index (χ1v) is 11.7. The van der Waals surface area contributed by atoms with E-state index in [0.717, 1.165) is 11.8 Å². The molecule has 0 amide bonds. The van der Waals surface area contributed by atoms with Crippen molar-refractivity contribution in [3.05, 3.63) is 33.1 Å². The highest BCUT2D eigenvalue weighted by Crippen LogP contribution is 2.55. The Morgan fingerprint density at radius 2 is 2.10 bits per heavy atom. The number of nitrogens with zero attached hydrogens (tertiary/aromatic N) is 1. The zero-order valence-corrected chi connectivity index (χ0v) is 18.2. The average Bonchev–Trinajstić information content (AvgIpc) is 2.64. The van der Waals surface area contributed by atoms with E-state index in [2.05, 4.69) is 4.98 Å². The van der Waals surface area contributed by atoms with Crippen molar-refractivity contribution in [3.63, 3.8) is 0 Å². The SMILES string of the molecule is CC(C)(C)C(=O)SCCOP1(=O)OC[C@H]2O[C@@H](n3ccc(=O)[nH]c3=O)CC[C@@H]2O1. The van der Waals surface area contributed by atoms with Gasteiger partial charge in [-0.05, 0) is 12.8 Å². The zero-order chi connectivity index (χ0) is 21.2. The number of fused-ring (bicyclic) bond motifs is 1. The number of hydrogen-bond donors (Lipinski definition) is 1. The smallest absolute Gasteiger partial charge is 0.349 e. The molecule has 1 N–H and O–H groups in total. The van der Waals surface area contributed by atoms with E-state index in [-0.39, 0.29) is 18.3 Å². The number of thioether (sulfide) groups is 1. The molecule has 12 heteroatoms. The molecule has 0 bridgehead atoms. The topological polar surface area (TPSA) is 126 Å². The van der Waals surface area contributed by atoms with Crippen LogP contribution < -0.4 is 11.2 Å². The van der Waals surface area contributed by atoms with E-state index in [4.69, 9.17) is 18.3 Å². The highest BCUT2D eigenvalue weighted by atomic mass is 32.2. The highest BCUT2D eigenvalue weighted by Gasteiger charge is 2.45. The first-order chi connectivity index (χ1) is 13.6. The number of aromatic nitrogens is 2. The van der Waals surface area contributed by atoms with Gasteiger partial charge in [0.05, 0.1) is 19.3 Å². The highest BCUT2D eigenvalue weighted by molar-refractivity contribution is 8.13. The molecule has 1 aromatic rings.